The Labute approximate surface area is 165 Å². The van der Waals surface area contributed by atoms with E-state index in [9.17, 15) is 4.79 Å². The number of hydrogen-bond acceptors (Lipinski definition) is 3. The number of benzene rings is 2. The van der Waals surface area contributed by atoms with E-state index in [1.165, 1.54) is 29.2 Å². The number of carbonyl (C=O) groups excluding carboxylic acids is 1. The second kappa shape index (κ2) is 7.85. The molecule has 1 atom stereocenters. The van der Waals surface area contributed by atoms with Crippen LogP contribution >= 0.6 is 0 Å². The minimum atomic E-state index is -0.0919. The molecule has 0 radical (unpaired) electrons. The van der Waals surface area contributed by atoms with Crippen molar-refractivity contribution in [2.45, 2.75) is 26.2 Å². The van der Waals surface area contributed by atoms with Crippen LogP contribution in [0.5, 0.6) is 5.75 Å². The number of ether oxygens (including phenoxy) is 1. The summed E-state index contributed by atoms with van der Waals surface area (Å²) in [5, 5.41) is 2.89. The van der Waals surface area contributed by atoms with Crippen molar-refractivity contribution in [1.29, 1.82) is 0 Å². The molecule has 2 aromatic carbocycles. The van der Waals surface area contributed by atoms with Gasteiger partial charge in [-0.15, -0.1) is 0 Å². The monoisotopic (exact) mass is 372 g/mol. The van der Waals surface area contributed by atoms with Crippen LogP contribution < -0.4 is 10.1 Å². The van der Waals surface area contributed by atoms with Crippen molar-refractivity contribution in [1.82, 2.24) is 5.32 Å². The molecule has 1 aliphatic carbocycles. The first-order valence-corrected chi connectivity index (χ1v) is 9.71. The zero-order chi connectivity index (χ0) is 19.5. The fourth-order valence-corrected chi connectivity index (χ4v) is 3.94. The van der Waals surface area contributed by atoms with Gasteiger partial charge in [-0.05, 0) is 47.7 Å². The summed E-state index contributed by atoms with van der Waals surface area (Å²) in [4.78, 5) is 16.1. The zero-order valence-corrected chi connectivity index (χ0v) is 16.2. The van der Waals surface area contributed by atoms with Crippen molar-refractivity contribution in [2.24, 2.45) is 4.99 Å². The van der Waals surface area contributed by atoms with Crippen molar-refractivity contribution >= 4 is 17.8 Å². The van der Waals surface area contributed by atoms with Gasteiger partial charge in [-0.3, -0.25) is 9.79 Å². The molecule has 2 aliphatic rings. The number of rotatable bonds is 5. The molecule has 0 fully saturated rings. The van der Waals surface area contributed by atoms with Crippen molar-refractivity contribution in [3.63, 3.8) is 0 Å². The SMILES string of the molecule is CCOc1ccc(CC2C(C3=CCN=C3NC(C)=O)=Cc3ccccc32)cc1. The Morgan fingerprint density at radius 3 is 2.71 bits per heavy atom. The molecule has 4 nitrogen and oxygen atoms in total. The van der Waals surface area contributed by atoms with Gasteiger partial charge in [-0.2, -0.15) is 0 Å². The molecule has 1 N–H and O–H groups in total. The van der Waals surface area contributed by atoms with E-state index < -0.39 is 0 Å². The summed E-state index contributed by atoms with van der Waals surface area (Å²) in [6.07, 6.45) is 5.23. The molecule has 28 heavy (non-hydrogen) atoms. The molecule has 0 aromatic heterocycles. The standard InChI is InChI=1S/C24H24N2O2/c1-3-28-19-10-8-17(9-11-19)14-22-20-7-5-4-6-18(20)15-23(22)21-12-13-25-24(21)26-16(2)27/h4-12,15,22H,3,13-14H2,1-2H3,(H,25,26,27). The van der Waals surface area contributed by atoms with Gasteiger partial charge in [0.2, 0.25) is 5.91 Å². The van der Waals surface area contributed by atoms with E-state index in [0.29, 0.717) is 19.0 Å². The highest BCUT2D eigenvalue weighted by Crippen LogP contribution is 2.42. The molecular formula is C24H24N2O2. The average molecular weight is 372 g/mol. The van der Waals surface area contributed by atoms with Gasteiger partial charge in [0.1, 0.15) is 11.6 Å². The molecule has 1 heterocycles. The van der Waals surface area contributed by atoms with E-state index in [4.69, 9.17) is 4.74 Å². The number of amides is 1. The van der Waals surface area contributed by atoms with E-state index >= 15 is 0 Å². The predicted molar refractivity (Wildman–Crippen MR) is 113 cm³/mol. The minimum Gasteiger partial charge on any atom is -0.494 e. The second-order valence-electron chi connectivity index (χ2n) is 7.05. The largest absolute Gasteiger partial charge is 0.494 e. The summed E-state index contributed by atoms with van der Waals surface area (Å²) < 4.78 is 5.56. The quantitative estimate of drug-likeness (QED) is 0.851. The van der Waals surface area contributed by atoms with Gasteiger partial charge in [0, 0.05) is 18.4 Å². The molecule has 0 bridgehead atoms. The molecule has 4 rings (SSSR count). The molecule has 0 saturated carbocycles. The Bertz CT molecular complexity index is 984. The zero-order valence-electron chi connectivity index (χ0n) is 16.2. The number of nitrogens with one attached hydrogen (secondary N) is 1. The molecule has 1 amide bonds. The molecular weight excluding hydrogens is 348 g/mol. The van der Waals surface area contributed by atoms with Crippen LogP contribution in [0.25, 0.3) is 6.08 Å². The molecule has 0 saturated heterocycles. The fraction of sp³-hybridized carbons (Fsp3) is 0.250. The Hall–Kier alpha value is -3.14. The number of carbonyl (C=O) groups is 1. The smallest absolute Gasteiger partial charge is 0.222 e. The van der Waals surface area contributed by atoms with Crippen LogP contribution in [-0.2, 0) is 11.2 Å². The van der Waals surface area contributed by atoms with Gasteiger partial charge in [-0.1, -0.05) is 48.6 Å². The van der Waals surface area contributed by atoms with E-state index in [0.717, 1.165) is 17.7 Å². The van der Waals surface area contributed by atoms with Crippen LogP contribution in [-0.4, -0.2) is 24.9 Å². The van der Waals surface area contributed by atoms with Crippen molar-refractivity contribution < 1.29 is 9.53 Å². The molecule has 4 heteroatoms. The maximum absolute atomic E-state index is 11.6. The lowest BCUT2D eigenvalue weighted by Gasteiger charge is -2.19. The van der Waals surface area contributed by atoms with Crippen LogP contribution in [0.4, 0.5) is 0 Å². The minimum absolute atomic E-state index is 0.0919. The van der Waals surface area contributed by atoms with Gasteiger partial charge in [-0.25, -0.2) is 0 Å². The highest BCUT2D eigenvalue weighted by molar-refractivity contribution is 6.12. The van der Waals surface area contributed by atoms with Crippen molar-refractivity contribution in [3.8, 4) is 5.75 Å². The molecule has 1 unspecified atom stereocenters. The van der Waals surface area contributed by atoms with Gasteiger partial charge in [0.15, 0.2) is 0 Å². The summed E-state index contributed by atoms with van der Waals surface area (Å²) in [6, 6.07) is 16.8. The Balaban J connectivity index is 1.64. The first kappa shape index (κ1) is 18.2. The average Bonchev–Trinajstić information content (AvgIpc) is 3.27. The second-order valence-corrected chi connectivity index (χ2v) is 7.05. The first-order valence-electron chi connectivity index (χ1n) is 9.71. The van der Waals surface area contributed by atoms with Crippen LogP contribution in [0.2, 0.25) is 0 Å². The summed E-state index contributed by atoms with van der Waals surface area (Å²) in [6.45, 7) is 4.79. The maximum Gasteiger partial charge on any atom is 0.222 e. The highest BCUT2D eigenvalue weighted by Gasteiger charge is 2.30. The van der Waals surface area contributed by atoms with Gasteiger partial charge in [0.05, 0.1) is 13.2 Å². The Morgan fingerprint density at radius 1 is 1.18 bits per heavy atom. The van der Waals surface area contributed by atoms with E-state index in [1.54, 1.807) is 0 Å². The van der Waals surface area contributed by atoms with Crippen LogP contribution in [0.1, 0.15) is 36.5 Å². The van der Waals surface area contributed by atoms with Gasteiger partial charge < -0.3 is 10.1 Å². The number of nitrogens with zero attached hydrogens (tertiary/aromatic N) is 1. The maximum atomic E-state index is 11.6. The van der Waals surface area contributed by atoms with Crippen LogP contribution in [0, 0.1) is 0 Å². The predicted octanol–water partition coefficient (Wildman–Crippen LogP) is 4.28. The third-order valence-electron chi connectivity index (χ3n) is 5.14. The normalized spacial score (nSPS) is 17.5. The lowest BCUT2D eigenvalue weighted by molar-refractivity contribution is -0.117. The van der Waals surface area contributed by atoms with Gasteiger partial charge in [0.25, 0.3) is 0 Å². The summed E-state index contributed by atoms with van der Waals surface area (Å²) in [5.74, 6) is 1.72. The molecule has 1 aliphatic heterocycles. The summed E-state index contributed by atoms with van der Waals surface area (Å²) in [5.41, 5.74) is 6.08. The first-order chi connectivity index (χ1) is 13.7. The number of fused-ring (bicyclic) bond motifs is 1. The summed E-state index contributed by atoms with van der Waals surface area (Å²) in [7, 11) is 0. The van der Waals surface area contributed by atoms with Crippen molar-refractivity contribution in [3.05, 3.63) is 82.4 Å². The van der Waals surface area contributed by atoms with E-state index in [2.05, 4.69) is 58.9 Å². The number of hydrogen-bond donors (Lipinski definition) is 1. The third-order valence-corrected chi connectivity index (χ3v) is 5.14. The third kappa shape index (κ3) is 3.63. The molecule has 0 spiro atoms. The molecule has 2 aromatic rings. The number of amidine groups is 1. The fourth-order valence-electron chi connectivity index (χ4n) is 3.94. The highest BCUT2D eigenvalue weighted by atomic mass is 16.5. The molecule has 142 valence electrons. The van der Waals surface area contributed by atoms with Crippen molar-refractivity contribution in [2.75, 3.05) is 13.2 Å². The van der Waals surface area contributed by atoms with E-state index in [-0.39, 0.29) is 11.8 Å². The van der Waals surface area contributed by atoms with Crippen LogP contribution in [0.15, 0.2) is 70.7 Å². The van der Waals surface area contributed by atoms with E-state index in [1.807, 2.05) is 19.1 Å². The van der Waals surface area contributed by atoms with Gasteiger partial charge >= 0.3 is 0 Å². The lowest BCUT2D eigenvalue weighted by Crippen LogP contribution is -2.29. The Kier molecular flexibility index (Phi) is 5.11. The topological polar surface area (TPSA) is 50.7 Å². The van der Waals surface area contributed by atoms with Crippen LogP contribution in [0.3, 0.4) is 0 Å². The Morgan fingerprint density at radius 2 is 1.96 bits per heavy atom. The number of aliphatic imine (C=N–C) groups is 1. The summed E-state index contributed by atoms with van der Waals surface area (Å²) >= 11 is 0. The lowest BCUT2D eigenvalue weighted by atomic mass is 9.85.